The zero-order chi connectivity index (χ0) is 19.4. The smallest absolute Gasteiger partial charge is 0.254 e. The fraction of sp³-hybridized carbons (Fsp3) is 0.286. The third-order valence-electron chi connectivity index (χ3n) is 5.80. The number of hydrogen-bond acceptors (Lipinski definition) is 5. The third kappa shape index (κ3) is 2.52. The summed E-state index contributed by atoms with van der Waals surface area (Å²) in [6.07, 6.45) is 6.41. The highest BCUT2D eigenvalue weighted by Gasteiger charge is 2.59. The first-order chi connectivity index (χ1) is 13.6. The molecule has 6 nitrogen and oxygen atoms in total. The number of fused-ring (bicyclic) bond motifs is 5. The van der Waals surface area contributed by atoms with Crippen LogP contribution in [0.25, 0.3) is 11.3 Å². The maximum atomic E-state index is 12.7. The summed E-state index contributed by atoms with van der Waals surface area (Å²) in [4.78, 5) is 25.3. The van der Waals surface area contributed by atoms with Crippen LogP contribution in [0.2, 0.25) is 5.02 Å². The van der Waals surface area contributed by atoms with Crippen LogP contribution in [0.3, 0.4) is 0 Å². The molecule has 3 aliphatic rings. The summed E-state index contributed by atoms with van der Waals surface area (Å²) in [6.45, 7) is 0. The average molecular weight is 397 g/mol. The van der Waals surface area contributed by atoms with Crippen molar-refractivity contribution in [1.82, 2.24) is 5.01 Å². The molecule has 28 heavy (non-hydrogen) atoms. The van der Waals surface area contributed by atoms with E-state index < -0.39 is 0 Å². The van der Waals surface area contributed by atoms with E-state index in [9.17, 15) is 9.59 Å². The number of carbonyl (C=O) groups excluding carboxylic acids is 2. The van der Waals surface area contributed by atoms with Gasteiger partial charge in [0.15, 0.2) is 0 Å². The highest BCUT2D eigenvalue weighted by atomic mass is 35.5. The minimum atomic E-state index is -0.262. The molecule has 2 aliphatic carbocycles. The number of ether oxygens (including phenoxy) is 1. The molecule has 0 N–H and O–H groups in total. The van der Waals surface area contributed by atoms with Crippen LogP contribution in [0.1, 0.15) is 12.2 Å². The van der Waals surface area contributed by atoms with Gasteiger partial charge < -0.3 is 9.15 Å². The Balaban J connectivity index is 1.38. The van der Waals surface area contributed by atoms with Gasteiger partial charge in [-0.25, -0.2) is 0 Å². The summed E-state index contributed by atoms with van der Waals surface area (Å²) in [5.74, 6) is 0.981. The summed E-state index contributed by atoms with van der Waals surface area (Å²) >= 11 is 6.07. The summed E-state index contributed by atoms with van der Waals surface area (Å²) in [6, 6.07) is 8.73. The predicted molar refractivity (Wildman–Crippen MR) is 103 cm³/mol. The molecule has 0 radical (unpaired) electrons. The Morgan fingerprint density at radius 1 is 1.14 bits per heavy atom. The van der Waals surface area contributed by atoms with Crippen molar-refractivity contribution in [3.05, 3.63) is 53.3 Å². The monoisotopic (exact) mass is 396 g/mol. The Morgan fingerprint density at radius 2 is 1.86 bits per heavy atom. The molecule has 2 bridgehead atoms. The van der Waals surface area contributed by atoms with Crippen molar-refractivity contribution in [2.75, 3.05) is 7.11 Å². The number of nitrogens with zero attached hydrogens (tertiary/aromatic N) is 2. The van der Waals surface area contributed by atoms with E-state index in [1.807, 2.05) is 0 Å². The van der Waals surface area contributed by atoms with Gasteiger partial charge >= 0.3 is 0 Å². The number of allylic oxidation sites excluding steroid dienone is 2. The lowest BCUT2D eigenvalue weighted by atomic mass is 9.85. The van der Waals surface area contributed by atoms with Crippen LogP contribution in [0, 0.1) is 23.7 Å². The number of furan rings is 1. The highest BCUT2D eigenvalue weighted by molar-refractivity contribution is 6.31. The summed E-state index contributed by atoms with van der Waals surface area (Å²) in [7, 11) is 1.57. The zero-order valence-corrected chi connectivity index (χ0v) is 15.8. The van der Waals surface area contributed by atoms with E-state index in [1.165, 1.54) is 6.21 Å². The van der Waals surface area contributed by atoms with Gasteiger partial charge in [0.05, 0.1) is 30.7 Å². The van der Waals surface area contributed by atoms with Crippen molar-refractivity contribution in [3.8, 4) is 17.1 Å². The van der Waals surface area contributed by atoms with Crippen molar-refractivity contribution in [1.29, 1.82) is 0 Å². The Kier molecular flexibility index (Phi) is 3.91. The van der Waals surface area contributed by atoms with Crippen LogP contribution in [0.4, 0.5) is 0 Å². The van der Waals surface area contributed by atoms with E-state index >= 15 is 0 Å². The van der Waals surface area contributed by atoms with Gasteiger partial charge in [0.2, 0.25) is 0 Å². The molecule has 1 saturated carbocycles. The van der Waals surface area contributed by atoms with Crippen molar-refractivity contribution in [2.24, 2.45) is 28.8 Å². The zero-order valence-electron chi connectivity index (χ0n) is 15.0. The van der Waals surface area contributed by atoms with Gasteiger partial charge in [0.25, 0.3) is 11.8 Å². The number of carbonyl (C=O) groups is 2. The van der Waals surface area contributed by atoms with Gasteiger partial charge in [-0.2, -0.15) is 10.1 Å². The number of benzene rings is 1. The first-order valence-corrected chi connectivity index (χ1v) is 9.48. The van der Waals surface area contributed by atoms with E-state index in [-0.39, 0.29) is 35.5 Å². The fourth-order valence-electron chi connectivity index (χ4n) is 4.55. The molecule has 2 aromatic rings. The van der Waals surface area contributed by atoms with Crippen LogP contribution in [-0.2, 0) is 9.59 Å². The highest BCUT2D eigenvalue weighted by Crippen LogP contribution is 2.52. The topological polar surface area (TPSA) is 72.1 Å². The average Bonchev–Trinajstić information content (AvgIpc) is 3.46. The lowest BCUT2D eigenvalue weighted by Gasteiger charge is -2.13. The van der Waals surface area contributed by atoms with E-state index in [2.05, 4.69) is 17.3 Å². The molecule has 0 spiro atoms. The standard InChI is InChI=1S/C21H17ClN2O4/c1-27-16-6-4-13(22)9-15(16)17-7-5-14(28-17)10-23-24-20(25)18-11-2-3-12(8-11)19(18)21(24)26/h2-7,9-12,18-19H,8H2,1H3/b23-10-/t11-,12+,18-,19+. The van der Waals surface area contributed by atoms with Gasteiger partial charge in [0, 0.05) is 5.02 Å². The minimum absolute atomic E-state index is 0.164. The van der Waals surface area contributed by atoms with Crippen molar-refractivity contribution in [3.63, 3.8) is 0 Å². The number of hydrazone groups is 1. The molecule has 7 heteroatoms. The number of rotatable bonds is 4. The molecule has 1 aromatic heterocycles. The molecule has 5 rings (SSSR count). The number of imide groups is 1. The number of halogens is 1. The quantitative estimate of drug-likeness (QED) is 0.448. The van der Waals surface area contributed by atoms with Gasteiger partial charge in [-0.1, -0.05) is 23.8 Å². The SMILES string of the molecule is COc1ccc(Cl)cc1-c1ccc(/C=N\N2C(=O)[C@@H]3[C@H](C2=O)[C@@H]2C=C[C@H]3C2)o1. The lowest BCUT2D eigenvalue weighted by Crippen LogP contribution is -2.28. The molecule has 1 aliphatic heterocycles. The lowest BCUT2D eigenvalue weighted by molar-refractivity contribution is -0.140. The van der Waals surface area contributed by atoms with Gasteiger partial charge in [0.1, 0.15) is 17.3 Å². The molecule has 0 unspecified atom stereocenters. The molecule has 1 aromatic carbocycles. The van der Waals surface area contributed by atoms with Crippen LogP contribution in [0.15, 0.2) is 52.0 Å². The second kappa shape index (κ2) is 6.34. The Hall–Kier alpha value is -2.86. The van der Waals surface area contributed by atoms with Gasteiger partial charge in [-0.15, -0.1) is 0 Å². The number of methoxy groups -OCH3 is 1. The molecule has 2 heterocycles. The van der Waals surface area contributed by atoms with Crippen LogP contribution < -0.4 is 4.74 Å². The van der Waals surface area contributed by atoms with Crippen LogP contribution >= 0.6 is 11.6 Å². The van der Waals surface area contributed by atoms with Crippen LogP contribution in [-0.4, -0.2) is 30.1 Å². The molecular formula is C21H17ClN2O4. The first kappa shape index (κ1) is 17.3. The molecular weight excluding hydrogens is 380 g/mol. The minimum Gasteiger partial charge on any atom is -0.496 e. The normalized spacial score (nSPS) is 28.0. The van der Waals surface area contributed by atoms with Crippen LogP contribution in [0.5, 0.6) is 5.75 Å². The van der Waals surface area contributed by atoms with Crippen molar-refractivity contribution in [2.45, 2.75) is 6.42 Å². The summed E-state index contributed by atoms with van der Waals surface area (Å²) < 4.78 is 11.1. The predicted octanol–water partition coefficient (Wildman–Crippen LogP) is 3.75. The van der Waals surface area contributed by atoms with Crippen molar-refractivity contribution >= 4 is 29.6 Å². The second-order valence-corrected chi connectivity index (χ2v) is 7.72. The van der Waals surface area contributed by atoms with E-state index in [0.29, 0.717) is 27.9 Å². The number of hydrogen-bond donors (Lipinski definition) is 0. The third-order valence-corrected chi connectivity index (χ3v) is 6.04. The second-order valence-electron chi connectivity index (χ2n) is 7.28. The molecule has 142 valence electrons. The maximum absolute atomic E-state index is 12.7. The fourth-order valence-corrected chi connectivity index (χ4v) is 4.73. The molecule has 4 atom stereocenters. The van der Waals surface area contributed by atoms with E-state index in [1.54, 1.807) is 37.4 Å². The van der Waals surface area contributed by atoms with Gasteiger partial charge in [-0.3, -0.25) is 9.59 Å². The largest absolute Gasteiger partial charge is 0.496 e. The molecule has 2 fully saturated rings. The van der Waals surface area contributed by atoms with Gasteiger partial charge in [-0.05, 0) is 48.6 Å². The van der Waals surface area contributed by atoms with Crippen molar-refractivity contribution < 1.29 is 18.7 Å². The molecule has 1 saturated heterocycles. The van der Waals surface area contributed by atoms with E-state index in [4.69, 9.17) is 20.8 Å². The van der Waals surface area contributed by atoms with E-state index in [0.717, 1.165) is 11.4 Å². The first-order valence-electron chi connectivity index (χ1n) is 9.10. The summed E-state index contributed by atoms with van der Waals surface area (Å²) in [5, 5.41) is 5.70. The maximum Gasteiger partial charge on any atom is 0.254 e. The Labute approximate surface area is 166 Å². The number of amides is 2. The Bertz CT molecular complexity index is 1010. The Morgan fingerprint density at radius 3 is 2.54 bits per heavy atom. The molecule has 2 amide bonds. The summed E-state index contributed by atoms with van der Waals surface area (Å²) in [5.41, 5.74) is 0.708.